The summed E-state index contributed by atoms with van der Waals surface area (Å²) in [6.45, 7) is 4.54. The van der Waals surface area contributed by atoms with Crippen molar-refractivity contribution in [3.63, 3.8) is 0 Å². The standard InChI is InChI=1S/C31H43N3O7/c35-22-24-9-11-25(12-10-24)28-19-27(21-34-15-17-39-18-16-34)40-31(41-28)26-13-7-23(8-14-26)20-32-29(36)5-3-1-2-4-6-30(37)33-38/h7-14,27-28,31,35,38H,1-6,15-22H2,(H,32,36)(H,33,37)/t27-,28+,31+/m0/s1. The molecule has 2 aromatic carbocycles. The van der Waals surface area contributed by atoms with Crippen molar-refractivity contribution >= 4 is 11.8 Å². The molecule has 4 rings (SSSR count). The average Bonchev–Trinajstić information content (AvgIpc) is 3.02. The number of aliphatic hydroxyl groups excluding tert-OH is 1. The van der Waals surface area contributed by atoms with Crippen LogP contribution >= 0.6 is 0 Å². The van der Waals surface area contributed by atoms with Gasteiger partial charge in [0.25, 0.3) is 0 Å². The molecule has 0 bridgehead atoms. The molecule has 224 valence electrons. The molecule has 2 aromatic rings. The number of morpholine rings is 1. The number of rotatable bonds is 14. The second-order valence-electron chi connectivity index (χ2n) is 10.7. The van der Waals surface area contributed by atoms with Gasteiger partial charge in [0.05, 0.1) is 32.0 Å². The lowest BCUT2D eigenvalue weighted by Gasteiger charge is -2.39. The highest BCUT2D eigenvalue weighted by Crippen LogP contribution is 2.38. The topological polar surface area (TPSA) is 130 Å². The van der Waals surface area contributed by atoms with Crippen molar-refractivity contribution in [1.29, 1.82) is 0 Å². The van der Waals surface area contributed by atoms with Gasteiger partial charge in [0, 0.05) is 51.0 Å². The Balaban J connectivity index is 1.29. The summed E-state index contributed by atoms with van der Waals surface area (Å²) in [4.78, 5) is 25.6. The number of unbranched alkanes of at least 4 members (excludes halogenated alkanes) is 3. The van der Waals surface area contributed by atoms with Crippen molar-refractivity contribution in [1.82, 2.24) is 15.7 Å². The van der Waals surface area contributed by atoms with Crippen LogP contribution in [0.3, 0.4) is 0 Å². The van der Waals surface area contributed by atoms with Crippen LogP contribution in [0.4, 0.5) is 0 Å². The number of nitrogens with one attached hydrogen (secondary N) is 2. The molecule has 0 aromatic heterocycles. The van der Waals surface area contributed by atoms with Crippen LogP contribution in [0.15, 0.2) is 48.5 Å². The lowest BCUT2D eigenvalue weighted by atomic mass is 9.99. The Kier molecular flexibility index (Phi) is 12.5. The first kappa shape index (κ1) is 31.1. The summed E-state index contributed by atoms with van der Waals surface area (Å²) in [7, 11) is 0. The molecule has 2 fully saturated rings. The Hall–Kier alpha value is -2.86. The summed E-state index contributed by atoms with van der Waals surface area (Å²) in [6, 6.07) is 15.9. The zero-order valence-corrected chi connectivity index (χ0v) is 23.6. The van der Waals surface area contributed by atoms with Gasteiger partial charge in [0.1, 0.15) is 0 Å². The number of carbonyl (C=O) groups excluding carboxylic acids is 2. The van der Waals surface area contributed by atoms with Crippen molar-refractivity contribution in [2.24, 2.45) is 0 Å². The molecule has 0 spiro atoms. The normalized spacial score (nSPS) is 21.4. The highest BCUT2D eigenvalue weighted by atomic mass is 16.7. The van der Waals surface area contributed by atoms with E-state index in [1.807, 2.05) is 48.5 Å². The Morgan fingerprint density at radius 2 is 1.46 bits per heavy atom. The van der Waals surface area contributed by atoms with Gasteiger partial charge in [-0.05, 0) is 29.5 Å². The first-order chi connectivity index (χ1) is 20.0. The van der Waals surface area contributed by atoms with Crippen LogP contribution in [-0.2, 0) is 37.0 Å². The number of hydrogen-bond acceptors (Lipinski definition) is 8. The van der Waals surface area contributed by atoms with Crippen molar-refractivity contribution in [3.05, 3.63) is 70.8 Å². The predicted molar refractivity (Wildman–Crippen MR) is 152 cm³/mol. The Morgan fingerprint density at radius 1 is 0.829 bits per heavy atom. The van der Waals surface area contributed by atoms with Gasteiger partial charge in [0.2, 0.25) is 11.8 Å². The lowest BCUT2D eigenvalue weighted by molar-refractivity contribution is -0.253. The number of nitrogens with zero attached hydrogens (tertiary/aromatic N) is 1. The third-order valence-electron chi connectivity index (χ3n) is 7.60. The number of amides is 2. The van der Waals surface area contributed by atoms with Crippen LogP contribution in [-0.4, -0.2) is 66.0 Å². The van der Waals surface area contributed by atoms with Crippen LogP contribution in [0.25, 0.3) is 0 Å². The van der Waals surface area contributed by atoms with E-state index in [-0.39, 0.29) is 30.6 Å². The summed E-state index contributed by atoms with van der Waals surface area (Å²) < 4.78 is 18.4. The molecular formula is C31H43N3O7. The summed E-state index contributed by atoms with van der Waals surface area (Å²) in [6.07, 6.45) is 4.01. The zero-order chi connectivity index (χ0) is 28.9. The second-order valence-corrected chi connectivity index (χ2v) is 10.7. The molecule has 2 aliphatic rings. The molecule has 10 heteroatoms. The largest absolute Gasteiger partial charge is 0.392 e. The number of benzene rings is 2. The van der Waals surface area contributed by atoms with Crippen LogP contribution in [0.1, 0.15) is 79.6 Å². The number of carbonyl (C=O) groups is 2. The van der Waals surface area contributed by atoms with E-state index in [4.69, 9.17) is 19.4 Å². The molecule has 2 heterocycles. The Labute approximate surface area is 241 Å². The first-order valence-corrected chi connectivity index (χ1v) is 14.6. The van der Waals surface area contributed by atoms with Crippen LogP contribution in [0.2, 0.25) is 0 Å². The molecular weight excluding hydrogens is 526 g/mol. The minimum atomic E-state index is -0.510. The monoisotopic (exact) mass is 569 g/mol. The highest BCUT2D eigenvalue weighted by Gasteiger charge is 2.33. The van der Waals surface area contributed by atoms with E-state index >= 15 is 0 Å². The van der Waals surface area contributed by atoms with E-state index < -0.39 is 6.29 Å². The van der Waals surface area contributed by atoms with Gasteiger partial charge >= 0.3 is 0 Å². The molecule has 3 atom stereocenters. The van der Waals surface area contributed by atoms with Crippen molar-refractivity contribution in [2.45, 2.75) is 76.6 Å². The van der Waals surface area contributed by atoms with Crippen LogP contribution in [0.5, 0.6) is 0 Å². The Morgan fingerprint density at radius 3 is 2.12 bits per heavy atom. The molecule has 0 unspecified atom stereocenters. The van der Waals surface area contributed by atoms with E-state index in [2.05, 4.69) is 10.2 Å². The maximum Gasteiger partial charge on any atom is 0.243 e. The minimum absolute atomic E-state index is 0.000154. The molecule has 0 radical (unpaired) electrons. The maximum absolute atomic E-state index is 12.3. The Bertz CT molecular complexity index is 1070. The molecule has 41 heavy (non-hydrogen) atoms. The molecule has 10 nitrogen and oxygen atoms in total. The lowest BCUT2D eigenvalue weighted by Crippen LogP contribution is -2.44. The van der Waals surface area contributed by atoms with Gasteiger partial charge in [0.15, 0.2) is 6.29 Å². The summed E-state index contributed by atoms with van der Waals surface area (Å²) >= 11 is 0. The van der Waals surface area contributed by atoms with E-state index in [9.17, 15) is 14.7 Å². The third-order valence-corrected chi connectivity index (χ3v) is 7.60. The quantitative estimate of drug-likeness (QED) is 0.155. The molecule has 4 N–H and O–H groups in total. The van der Waals surface area contributed by atoms with Gasteiger partial charge in [-0.25, -0.2) is 5.48 Å². The molecule has 2 amide bonds. The van der Waals surface area contributed by atoms with Crippen molar-refractivity contribution in [3.8, 4) is 0 Å². The summed E-state index contributed by atoms with van der Waals surface area (Å²) in [5.41, 5.74) is 5.49. The second kappa shape index (κ2) is 16.5. The number of hydroxylamine groups is 1. The van der Waals surface area contributed by atoms with Crippen molar-refractivity contribution in [2.75, 3.05) is 32.8 Å². The van der Waals surface area contributed by atoms with Crippen LogP contribution < -0.4 is 10.8 Å². The van der Waals surface area contributed by atoms with Gasteiger partial charge in [-0.1, -0.05) is 61.4 Å². The SMILES string of the molecule is O=C(CCCCCCC(=O)NCc1ccc([C@@H]2O[C@H](CN3CCOCC3)C[C@H](c3ccc(CO)cc3)O2)cc1)NO. The summed E-state index contributed by atoms with van der Waals surface area (Å²) in [5.74, 6) is -0.376. The molecule has 0 saturated carbocycles. The van der Waals surface area contributed by atoms with Gasteiger partial charge in [-0.3, -0.25) is 19.7 Å². The number of aliphatic hydroxyl groups is 1. The zero-order valence-electron chi connectivity index (χ0n) is 23.6. The fourth-order valence-corrected chi connectivity index (χ4v) is 5.17. The van der Waals surface area contributed by atoms with E-state index in [1.54, 1.807) is 5.48 Å². The van der Waals surface area contributed by atoms with Gasteiger partial charge in [-0.15, -0.1) is 0 Å². The van der Waals surface area contributed by atoms with Crippen molar-refractivity contribution < 1.29 is 34.1 Å². The van der Waals surface area contributed by atoms with E-state index in [0.717, 1.165) is 80.8 Å². The highest BCUT2D eigenvalue weighted by molar-refractivity contribution is 5.75. The average molecular weight is 570 g/mol. The van der Waals surface area contributed by atoms with Gasteiger partial charge in [-0.2, -0.15) is 0 Å². The minimum Gasteiger partial charge on any atom is -0.392 e. The maximum atomic E-state index is 12.3. The first-order valence-electron chi connectivity index (χ1n) is 14.6. The van der Waals surface area contributed by atoms with Crippen LogP contribution in [0, 0.1) is 0 Å². The molecule has 2 saturated heterocycles. The summed E-state index contributed by atoms with van der Waals surface area (Å²) in [5, 5.41) is 20.9. The number of hydrogen-bond donors (Lipinski definition) is 4. The molecule has 0 aliphatic carbocycles. The fourth-order valence-electron chi connectivity index (χ4n) is 5.17. The van der Waals surface area contributed by atoms with E-state index in [0.29, 0.717) is 25.8 Å². The fraction of sp³-hybridized carbons (Fsp3) is 0.548. The predicted octanol–water partition coefficient (Wildman–Crippen LogP) is 3.52. The number of ether oxygens (including phenoxy) is 3. The molecule has 2 aliphatic heterocycles. The third kappa shape index (κ3) is 10.2. The van der Waals surface area contributed by atoms with E-state index in [1.165, 1.54) is 0 Å². The van der Waals surface area contributed by atoms with Gasteiger partial charge < -0.3 is 24.6 Å². The smallest absolute Gasteiger partial charge is 0.243 e.